The minimum absolute atomic E-state index is 0.0594. The number of carbonyl (C=O) groups is 1. The second kappa shape index (κ2) is 13.4. The molecule has 0 fully saturated rings. The number of halogens is 3. The van der Waals surface area contributed by atoms with Crippen LogP contribution in [0.15, 0.2) is 84.4 Å². The number of nitrogens with one attached hydrogen (secondary N) is 1. The third kappa shape index (κ3) is 6.95. The smallest absolute Gasteiger partial charge is 0.252 e. The van der Waals surface area contributed by atoms with Crippen LogP contribution in [0.4, 0.5) is 0 Å². The molecule has 4 rings (SSSR count). The highest BCUT2D eigenvalue weighted by atomic mass is 35.5. The Morgan fingerprint density at radius 1 is 1.10 bits per heavy atom. The van der Waals surface area contributed by atoms with E-state index < -0.39 is 11.6 Å². The molecule has 0 spiro atoms. The predicted molar refractivity (Wildman–Crippen MR) is 156 cm³/mol. The number of aliphatic imine (C=N–C) groups is 1. The highest BCUT2D eigenvalue weighted by molar-refractivity contribution is 6.35. The molecule has 1 amide bonds. The second-order valence-electron chi connectivity index (χ2n) is 9.08. The number of hydrogen-bond acceptors (Lipinski definition) is 5. The molecule has 0 radical (unpaired) electrons. The van der Waals surface area contributed by atoms with Gasteiger partial charge in [0.1, 0.15) is 5.75 Å². The van der Waals surface area contributed by atoms with E-state index >= 15 is 0 Å². The molecule has 2 N–H and O–H groups in total. The van der Waals surface area contributed by atoms with Crippen molar-refractivity contribution in [1.29, 1.82) is 0 Å². The lowest BCUT2D eigenvalue weighted by atomic mass is 9.84. The Morgan fingerprint density at radius 3 is 2.56 bits per heavy atom. The van der Waals surface area contributed by atoms with Gasteiger partial charge in [-0.05, 0) is 60.5 Å². The molecule has 1 aliphatic rings. The first-order valence-corrected chi connectivity index (χ1v) is 13.7. The van der Waals surface area contributed by atoms with Crippen LogP contribution in [0.25, 0.3) is 0 Å². The first kappa shape index (κ1) is 29.0. The van der Waals surface area contributed by atoms with Crippen LogP contribution in [0.1, 0.15) is 35.6 Å². The summed E-state index contributed by atoms with van der Waals surface area (Å²) >= 11 is 18.9. The molecule has 0 aromatic heterocycles. The standard InChI is InChI=1S/C30H29Cl3N2O4/c1-2-14-30(29(37)34-15-13-20-5-3-6-22(31)18-20)27(25-12-9-23(32)19-26(25)33)39-28(35-30)21-7-10-24(11-8-21)38-17-4-16-36/h2-3,5-12,18-19,27,36H,1,4,13-17H2,(H,34,37)/t27-,30-/m1/s1. The summed E-state index contributed by atoms with van der Waals surface area (Å²) in [7, 11) is 0. The van der Waals surface area contributed by atoms with E-state index in [9.17, 15) is 4.79 Å². The van der Waals surface area contributed by atoms with E-state index in [1.165, 1.54) is 0 Å². The molecule has 2 atom stereocenters. The molecule has 39 heavy (non-hydrogen) atoms. The van der Waals surface area contributed by atoms with Crippen molar-refractivity contribution in [2.45, 2.75) is 30.9 Å². The first-order valence-electron chi connectivity index (χ1n) is 12.6. The number of ether oxygens (including phenoxy) is 2. The monoisotopic (exact) mass is 586 g/mol. The molecule has 0 unspecified atom stereocenters. The van der Waals surface area contributed by atoms with E-state index in [0.29, 0.717) is 63.8 Å². The van der Waals surface area contributed by atoms with Gasteiger partial charge in [0.2, 0.25) is 5.90 Å². The zero-order chi connectivity index (χ0) is 27.8. The van der Waals surface area contributed by atoms with Gasteiger partial charge in [-0.1, -0.05) is 59.1 Å². The van der Waals surface area contributed by atoms with Gasteiger partial charge in [0.05, 0.1) is 6.61 Å². The Bertz CT molecular complexity index is 1350. The SMILES string of the molecule is C=CC[C@@]1(C(=O)NCCc2cccc(Cl)c2)N=C(c2ccc(OCCCO)cc2)O[C@@H]1c1ccc(Cl)cc1Cl. The number of rotatable bonds is 12. The zero-order valence-electron chi connectivity index (χ0n) is 21.2. The Kier molecular flexibility index (Phi) is 9.92. The maximum absolute atomic E-state index is 13.9. The Balaban J connectivity index is 1.64. The minimum atomic E-state index is -1.35. The molecule has 0 aliphatic carbocycles. The molecule has 0 bridgehead atoms. The lowest BCUT2D eigenvalue weighted by molar-refractivity contribution is -0.128. The van der Waals surface area contributed by atoms with E-state index in [2.05, 4.69) is 11.9 Å². The lowest BCUT2D eigenvalue weighted by Crippen LogP contribution is -2.48. The predicted octanol–water partition coefficient (Wildman–Crippen LogP) is 6.60. The highest BCUT2D eigenvalue weighted by Gasteiger charge is 2.53. The largest absolute Gasteiger partial charge is 0.494 e. The summed E-state index contributed by atoms with van der Waals surface area (Å²) in [6.45, 7) is 4.73. The fourth-order valence-electron chi connectivity index (χ4n) is 4.39. The molecule has 204 valence electrons. The summed E-state index contributed by atoms with van der Waals surface area (Å²) < 4.78 is 12.0. The van der Waals surface area contributed by atoms with Gasteiger partial charge in [-0.15, -0.1) is 6.58 Å². The first-order chi connectivity index (χ1) is 18.9. The molecule has 3 aromatic carbocycles. The minimum Gasteiger partial charge on any atom is -0.494 e. The summed E-state index contributed by atoms with van der Waals surface area (Å²) in [5.41, 5.74) is 0.929. The van der Waals surface area contributed by atoms with E-state index in [4.69, 9.17) is 54.4 Å². The number of aliphatic hydroxyl groups is 1. The topological polar surface area (TPSA) is 80.2 Å². The lowest BCUT2D eigenvalue weighted by Gasteiger charge is -2.30. The second-order valence-corrected chi connectivity index (χ2v) is 10.4. The van der Waals surface area contributed by atoms with Crippen molar-refractivity contribution >= 4 is 46.6 Å². The van der Waals surface area contributed by atoms with Gasteiger partial charge < -0.3 is 19.9 Å². The van der Waals surface area contributed by atoms with Gasteiger partial charge >= 0.3 is 0 Å². The fraction of sp³-hybridized carbons (Fsp3) is 0.267. The van der Waals surface area contributed by atoms with Gasteiger partial charge in [-0.2, -0.15) is 0 Å². The molecular formula is C30H29Cl3N2O4. The maximum Gasteiger partial charge on any atom is 0.252 e. The van der Waals surface area contributed by atoms with E-state index in [1.807, 2.05) is 36.4 Å². The normalized spacial score (nSPS) is 18.3. The van der Waals surface area contributed by atoms with Crippen LogP contribution < -0.4 is 10.1 Å². The molecule has 1 heterocycles. The number of aliphatic hydroxyl groups excluding tert-OH is 1. The summed E-state index contributed by atoms with van der Waals surface area (Å²) in [6, 6.07) is 19.8. The van der Waals surface area contributed by atoms with Crippen LogP contribution in [-0.4, -0.2) is 42.2 Å². The number of amides is 1. The van der Waals surface area contributed by atoms with Crippen LogP contribution in [0, 0.1) is 0 Å². The van der Waals surface area contributed by atoms with E-state index in [0.717, 1.165) is 5.56 Å². The van der Waals surface area contributed by atoms with Crippen LogP contribution in [0.2, 0.25) is 15.1 Å². The van der Waals surface area contributed by atoms with Crippen LogP contribution in [-0.2, 0) is 16.0 Å². The Labute approximate surface area is 243 Å². The molecular weight excluding hydrogens is 559 g/mol. The maximum atomic E-state index is 13.9. The van der Waals surface area contributed by atoms with Gasteiger partial charge in [-0.25, -0.2) is 4.99 Å². The van der Waals surface area contributed by atoms with Gasteiger partial charge in [0.15, 0.2) is 11.6 Å². The van der Waals surface area contributed by atoms with Crippen LogP contribution in [0.5, 0.6) is 5.75 Å². The van der Waals surface area contributed by atoms with Crippen molar-refractivity contribution in [1.82, 2.24) is 5.32 Å². The van der Waals surface area contributed by atoms with Crippen LogP contribution >= 0.6 is 34.8 Å². The summed E-state index contributed by atoms with van der Waals surface area (Å²) in [5, 5.41) is 13.5. The molecule has 6 nitrogen and oxygen atoms in total. The Hall–Kier alpha value is -3.03. The molecule has 3 aromatic rings. The van der Waals surface area contributed by atoms with Crippen molar-refractivity contribution in [2.75, 3.05) is 19.8 Å². The van der Waals surface area contributed by atoms with Gasteiger partial charge in [0, 0.05) is 52.2 Å². The van der Waals surface area contributed by atoms with Gasteiger partial charge in [-0.3, -0.25) is 4.79 Å². The number of nitrogens with zero attached hydrogens (tertiary/aromatic N) is 1. The van der Waals surface area contributed by atoms with E-state index in [1.54, 1.807) is 36.4 Å². The fourth-order valence-corrected chi connectivity index (χ4v) is 5.11. The summed E-state index contributed by atoms with van der Waals surface area (Å²) in [6.07, 6.45) is 2.18. The number of benzene rings is 3. The number of hydrogen-bond donors (Lipinski definition) is 2. The summed E-state index contributed by atoms with van der Waals surface area (Å²) in [5.74, 6) is 0.651. The van der Waals surface area contributed by atoms with Crippen LogP contribution in [0.3, 0.4) is 0 Å². The third-order valence-corrected chi connectivity index (χ3v) is 7.12. The van der Waals surface area contributed by atoms with E-state index in [-0.39, 0.29) is 18.9 Å². The number of carbonyl (C=O) groups excluding carboxylic acids is 1. The quantitative estimate of drug-likeness (QED) is 0.185. The van der Waals surface area contributed by atoms with Crippen molar-refractivity contribution in [2.24, 2.45) is 4.99 Å². The molecule has 0 saturated heterocycles. The van der Waals surface area contributed by atoms with Gasteiger partial charge in [0.25, 0.3) is 5.91 Å². The average molecular weight is 588 g/mol. The highest BCUT2D eigenvalue weighted by Crippen LogP contribution is 2.45. The zero-order valence-corrected chi connectivity index (χ0v) is 23.5. The summed E-state index contributed by atoms with van der Waals surface area (Å²) in [4.78, 5) is 18.7. The molecule has 1 aliphatic heterocycles. The molecule has 0 saturated carbocycles. The third-order valence-electron chi connectivity index (χ3n) is 6.32. The average Bonchev–Trinajstić information content (AvgIpc) is 3.30. The van der Waals surface area contributed by atoms with Crippen molar-refractivity contribution < 1.29 is 19.4 Å². The van der Waals surface area contributed by atoms with Crippen molar-refractivity contribution in [3.63, 3.8) is 0 Å². The van der Waals surface area contributed by atoms with Crippen molar-refractivity contribution in [3.05, 3.63) is 111 Å². The van der Waals surface area contributed by atoms with Crippen molar-refractivity contribution in [3.8, 4) is 5.75 Å². The Morgan fingerprint density at radius 2 is 1.87 bits per heavy atom. The molecule has 9 heteroatoms.